The van der Waals surface area contributed by atoms with E-state index in [0.29, 0.717) is 0 Å². The lowest BCUT2D eigenvalue weighted by molar-refractivity contribution is 0.436. The predicted molar refractivity (Wildman–Crippen MR) is 96.5 cm³/mol. The minimum Gasteiger partial charge on any atom is -0.356 e. The molecule has 4 heteroatoms. The van der Waals surface area contributed by atoms with Crippen molar-refractivity contribution in [2.45, 2.75) is 33.6 Å². The molecule has 122 valence electrons. The van der Waals surface area contributed by atoms with Crippen molar-refractivity contribution in [3.8, 4) is 0 Å². The molecule has 1 saturated heterocycles. The maximum absolute atomic E-state index is 4.51. The molecule has 2 aromatic rings. The molecule has 3 rings (SSSR count). The zero-order valence-corrected chi connectivity index (χ0v) is 14.4. The van der Waals surface area contributed by atoms with E-state index in [1.165, 1.54) is 24.1 Å². The lowest BCUT2D eigenvalue weighted by Gasteiger charge is -2.32. The van der Waals surface area contributed by atoms with Gasteiger partial charge in [-0.05, 0) is 50.3 Å². The maximum Gasteiger partial charge on any atom is 0.138 e. The standard InChI is InChI=1S/C19H26N4/c1-4-23(17-7-5-6-16(3)12-17)19-13-18(20-14-21-19)22-10-8-15(2)9-11-22/h5-7,12-15H,4,8-11H2,1-3H3. The van der Waals surface area contributed by atoms with E-state index < -0.39 is 0 Å². The average molecular weight is 310 g/mol. The van der Waals surface area contributed by atoms with E-state index in [1.807, 2.05) is 0 Å². The fraction of sp³-hybridized carbons (Fsp3) is 0.474. The highest BCUT2D eigenvalue weighted by Gasteiger charge is 2.18. The van der Waals surface area contributed by atoms with Crippen molar-refractivity contribution in [1.29, 1.82) is 0 Å². The van der Waals surface area contributed by atoms with Crippen molar-refractivity contribution in [2.75, 3.05) is 29.4 Å². The van der Waals surface area contributed by atoms with Crippen LogP contribution < -0.4 is 9.80 Å². The molecule has 2 heterocycles. The smallest absolute Gasteiger partial charge is 0.138 e. The van der Waals surface area contributed by atoms with E-state index in [9.17, 15) is 0 Å². The summed E-state index contributed by atoms with van der Waals surface area (Å²) in [7, 11) is 0. The van der Waals surface area contributed by atoms with Crippen LogP contribution in [0.5, 0.6) is 0 Å². The Morgan fingerprint density at radius 1 is 1.17 bits per heavy atom. The summed E-state index contributed by atoms with van der Waals surface area (Å²) in [5.74, 6) is 2.85. The second-order valence-electron chi connectivity index (χ2n) is 6.49. The second kappa shape index (κ2) is 6.99. The Labute approximate surface area is 139 Å². The highest BCUT2D eigenvalue weighted by Crippen LogP contribution is 2.27. The molecule has 0 unspecified atom stereocenters. The van der Waals surface area contributed by atoms with E-state index in [1.54, 1.807) is 6.33 Å². The summed E-state index contributed by atoms with van der Waals surface area (Å²) in [6, 6.07) is 10.7. The van der Waals surface area contributed by atoms with Gasteiger partial charge in [0.1, 0.15) is 18.0 Å². The van der Waals surface area contributed by atoms with Crippen molar-refractivity contribution in [2.24, 2.45) is 5.92 Å². The summed E-state index contributed by atoms with van der Waals surface area (Å²) in [4.78, 5) is 13.6. The van der Waals surface area contributed by atoms with E-state index in [0.717, 1.165) is 37.2 Å². The molecule has 0 N–H and O–H groups in total. The van der Waals surface area contributed by atoms with Crippen LogP contribution in [0.3, 0.4) is 0 Å². The number of aromatic nitrogens is 2. The van der Waals surface area contributed by atoms with Crippen molar-refractivity contribution in [1.82, 2.24) is 9.97 Å². The molecule has 1 aromatic carbocycles. The van der Waals surface area contributed by atoms with Crippen LogP contribution in [0, 0.1) is 12.8 Å². The van der Waals surface area contributed by atoms with Crippen LogP contribution in [0.4, 0.5) is 17.3 Å². The van der Waals surface area contributed by atoms with Gasteiger partial charge in [0.25, 0.3) is 0 Å². The molecular weight excluding hydrogens is 284 g/mol. The van der Waals surface area contributed by atoms with Crippen molar-refractivity contribution < 1.29 is 0 Å². The summed E-state index contributed by atoms with van der Waals surface area (Å²) in [5.41, 5.74) is 2.45. The second-order valence-corrected chi connectivity index (χ2v) is 6.49. The molecule has 0 bridgehead atoms. The first-order valence-corrected chi connectivity index (χ1v) is 8.58. The molecule has 0 radical (unpaired) electrons. The Morgan fingerprint density at radius 3 is 2.65 bits per heavy atom. The number of nitrogens with zero attached hydrogens (tertiary/aromatic N) is 4. The summed E-state index contributed by atoms with van der Waals surface area (Å²) >= 11 is 0. The molecule has 23 heavy (non-hydrogen) atoms. The van der Waals surface area contributed by atoms with Crippen molar-refractivity contribution in [3.63, 3.8) is 0 Å². The number of hydrogen-bond donors (Lipinski definition) is 0. The summed E-state index contributed by atoms with van der Waals surface area (Å²) < 4.78 is 0. The van der Waals surface area contributed by atoms with Gasteiger partial charge in [0.15, 0.2) is 0 Å². The molecule has 4 nitrogen and oxygen atoms in total. The molecule has 0 aliphatic carbocycles. The van der Waals surface area contributed by atoms with E-state index in [4.69, 9.17) is 0 Å². The summed E-state index contributed by atoms with van der Waals surface area (Å²) in [6.45, 7) is 9.68. The largest absolute Gasteiger partial charge is 0.356 e. The van der Waals surface area contributed by atoms with Gasteiger partial charge in [0.05, 0.1) is 0 Å². The highest BCUT2D eigenvalue weighted by atomic mass is 15.2. The quantitative estimate of drug-likeness (QED) is 0.848. The van der Waals surface area contributed by atoms with Gasteiger partial charge in [-0.1, -0.05) is 19.1 Å². The summed E-state index contributed by atoms with van der Waals surface area (Å²) in [6.07, 6.45) is 4.19. The van der Waals surface area contributed by atoms with E-state index >= 15 is 0 Å². The molecule has 0 atom stereocenters. The molecular formula is C19H26N4. The van der Waals surface area contributed by atoms with Gasteiger partial charge >= 0.3 is 0 Å². The molecule has 0 spiro atoms. The zero-order valence-electron chi connectivity index (χ0n) is 14.4. The Balaban J connectivity index is 1.85. The zero-order chi connectivity index (χ0) is 16.2. The minimum absolute atomic E-state index is 0.826. The van der Waals surface area contributed by atoms with Crippen molar-refractivity contribution >= 4 is 17.3 Å². The fourth-order valence-electron chi connectivity index (χ4n) is 3.17. The molecule has 1 fully saturated rings. The van der Waals surface area contributed by atoms with E-state index in [-0.39, 0.29) is 0 Å². The van der Waals surface area contributed by atoms with Crippen LogP contribution in [0.1, 0.15) is 32.3 Å². The van der Waals surface area contributed by atoms with Crippen molar-refractivity contribution in [3.05, 3.63) is 42.2 Å². The van der Waals surface area contributed by atoms with Gasteiger partial charge in [-0.25, -0.2) is 9.97 Å². The number of piperidine rings is 1. The first kappa shape index (κ1) is 15.8. The molecule has 0 amide bonds. The Bertz CT molecular complexity index is 647. The highest BCUT2D eigenvalue weighted by molar-refractivity contribution is 5.63. The first-order chi connectivity index (χ1) is 11.2. The normalized spacial score (nSPS) is 15.7. The minimum atomic E-state index is 0.826. The monoisotopic (exact) mass is 310 g/mol. The SMILES string of the molecule is CCN(c1cccc(C)c1)c1cc(N2CCC(C)CC2)ncn1. The van der Waals surface area contributed by atoms with Crippen LogP contribution in [-0.4, -0.2) is 29.6 Å². The molecule has 0 saturated carbocycles. The number of rotatable bonds is 4. The third kappa shape index (κ3) is 3.63. The number of anilines is 3. The van der Waals surface area contributed by atoms with Gasteiger partial charge in [0.2, 0.25) is 0 Å². The summed E-state index contributed by atoms with van der Waals surface area (Å²) in [5, 5.41) is 0. The number of hydrogen-bond acceptors (Lipinski definition) is 4. The predicted octanol–water partition coefficient (Wildman–Crippen LogP) is 4.18. The van der Waals surface area contributed by atoms with Gasteiger partial charge in [-0.15, -0.1) is 0 Å². The van der Waals surface area contributed by atoms with Gasteiger partial charge in [0, 0.05) is 31.4 Å². The number of benzene rings is 1. The van der Waals surface area contributed by atoms with Crippen LogP contribution in [0.25, 0.3) is 0 Å². The van der Waals surface area contributed by atoms with Crippen LogP contribution in [0.15, 0.2) is 36.7 Å². The topological polar surface area (TPSA) is 32.3 Å². The van der Waals surface area contributed by atoms with Gasteiger partial charge < -0.3 is 9.80 Å². The average Bonchev–Trinajstić information content (AvgIpc) is 2.57. The number of aryl methyl sites for hydroxylation is 1. The Hall–Kier alpha value is -2.10. The fourth-order valence-corrected chi connectivity index (χ4v) is 3.17. The molecule has 1 aliphatic heterocycles. The van der Waals surface area contributed by atoms with Gasteiger partial charge in [-0.3, -0.25) is 0 Å². The Kier molecular flexibility index (Phi) is 4.79. The van der Waals surface area contributed by atoms with Gasteiger partial charge in [-0.2, -0.15) is 0 Å². The van der Waals surface area contributed by atoms with Crippen LogP contribution in [-0.2, 0) is 0 Å². The maximum atomic E-state index is 4.51. The third-order valence-electron chi connectivity index (χ3n) is 4.65. The first-order valence-electron chi connectivity index (χ1n) is 8.58. The molecule has 1 aromatic heterocycles. The van der Waals surface area contributed by atoms with E-state index in [2.05, 4.69) is 70.9 Å². The molecule has 1 aliphatic rings. The van der Waals surface area contributed by atoms with Crippen LogP contribution >= 0.6 is 0 Å². The lowest BCUT2D eigenvalue weighted by atomic mass is 9.99. The third-order valence-corrected chi connectivity index (χ3v) is 4.65. The lowest BCUT2D eigenvalue weighted by Crippen LogP contribution is -2.33. The Morgan fingerprint density at radius 2 is 1.96 bits per heavy atom. The van der Waals surface area contributed by atoms with Crippen LogP contribution in [0.2, 0.25) is 0 Å².